The maximum Gasteiger partial charge on any atom is 0.251 e. The highest BCUT2D eigenvalue weighted by molar-refractivity contribution is 5.93. The average molecular weight is 384 g/mol. The Bertz CT molecular complexity index is 765. The third-order valence-corrected chi connectivity index (χ3v) is 4.74. The van der Waals surface area contributed by atoms with Crippen LogP contribution in [0.15, 0.2) is 46.1 Å². The molecule has 0 radical (unpaired) electrons. The van der Waals surface area contributed by atoms with Crippen LogP contribution < -0.4 is 10.6 Å². The molecule has 8 heteroatoms. The van der Waals surface area contributed by atoms with Crippen molar-refractivity contribution in [1.29, 1.82) is 0 Å². The van der Waals surface area contributed by atoms with Crippen molar-refractivity contribution in [3.63, 3.8) is 0 Å². The van der Waals surface area contributed by atoms with E-state index in [1.54, 1.807) is 13.3 Å². The fourth-order valence-corrected chi connectivity index (χ4v) is 3.16. The number of hydrogen-bond acceptors (Lipinski definition) is 5. The molecule has 8 nitrogen and oxygen atoms in total. The molecule has 1 aromatic carbocycles. The number of guanidine groups is 1. The minimum Gasteiger partial charge on any atom is -0.364 e. The van der Waals surface area contributed by atoms with E-state index in [1.165, 1.54) is 0 Å². The van der Waals surface area contributed by atoms with Gasteiger partial charge < -0.3 is 20.1 Å². The fraction of sp³-hybridized carbons (Fsp3) is 0.450. The van der Waals surface area contributed by atoms with Crippen molar-refractivity contribution in [2.24, 2.45) is 4.99 Å². The molecule has 1 aliphatic heterocycles. The Morgan fingerprint density at radius 2 is 1.93 bits per heavy atom. The van der Waals surface area contributed by atoms with Crippen LogP contribution in [0.25, 0.3) is 0 Å². The molecule has 1 amide bonds. The second kappa shape index (κ2) is 9.89. The lowest BCUT2D eigenvalue weighted by atomic mass is 10.1. The van der Waals surface area contributed by atoms with Crippen LogP contribution in [0, 0.1) is 0 Å². The van der Waals surface area contributed by atoms with Crippen LogP contribution >= 0.6 is 0 Å². The summed E-state index contributed by atoms with van der Waals surface area (Å²) in [6, 6.07) is 9.48. The Morgan fingerprint density at radius 3 is 2.54 bits per heavy atom. The first kappa shape index (κ1) is 19.9. The molecular formula is C20H28N6O2. The Morgan fingerprint density at radius 1 is 1.18 bits per heavy atom. The van der Waals surface area contributed by atoms with Crippen LogP contribution in [0.5, 0.6) is 0 Å². The largest absolute Gasteiger partial charge is 0.364 e. The van der Waals surface area contributed by atoms with Gasteiger partial charge >= 0.3 is 0 Å². The Balaban J connectivity index is 1.56. The second-order valence-electron chi connectivity index (χ2n) is 6.70. The lowest BCUT2D eigenvalue weighted by Gasteiger charge is -2.36. The van der Waals surface area contributed by atoms with Crippen molar-refractivity contribution in [2.45, 2.75) is 20.0 Å². The zero-order chi connectivity index (χ0) is 19.8. The minimum absolute atomic E-state index is 0.0770. The fourth-order valence-electron chi connectivity index (χ4n) is 3.16. The molecule has 2 heterocycles. The van der Waals surface area contributed by atoms with Crippen molar-refractivity contribution in [1.82, 2.24) is 25.6 Å². The summed E-state index contributed by atoms with van der Waals surface area (Å²) in [6.45, 7) is 8.04. The number of aromatic nitrogens is 1. The SMILES string of the molecule is CCNC(=NCc1ccc(C(=O)NC)cc1)N1CCN(Cc2ccon2)CC1. The first-order chi connectivity index (χ1) is 13.7. The first-order valence-electron chi connectivity index (χ1n) is 9.65. The molecule has 150 valence electrons. The van der Waals surface area contributed by atoms with Gasteiger partial charge in [-0.1, -0.05) is 17.3 Å². The standard InChI is InChI=1S/C20H28N6O2/c1-3-22-20(23-14-16-4-6-17(7-5-16)19(27)21-2)26-11-9-25(10-12-26)15-18-8-13-28-24-18/h4-8,13H,3,9-12,14-15H2,1-2H3,(H,21,27)(H,22,23). The molecule has 1 aliphatic rings. The van der Waals surface area contributed by atoms with E-state index < -0.39 is 0 Å². The Labute approximate surface area is 165 Å². The van der Waals surface area contributed by atoms with E-state index in [2.05, 4.69) is 32.5 Å². The van der Waals surface area contributed by atoms with E-state index in [0.717, 1.165) is 56.5 Å². The molecule has 1 saturated heterocycles. The number of piperazine rings is 1. The number of nitrogens with one attached hydrogen (secondary N) is 2. The zero-order valence-electron chi connectivity index (χ0n) is 16.5. The summed E-state index contributed by atoms with van der Waals surface area (Å²) in [6.07, 6.45) is 1.61. The highest BCUT2D eigenvalue weighted by Gasteiger charge is 2.20. The topological polar surface area (TPSA) is 86.0 Å². The van der Waals surface area contributed by atoms with Gasteiger partial charge in [0.05, 0.1) is 12.2 Å². The zero-order valence-corrected chi connectivity index (χ0v) is 16.5. The van der Waals surface area contributed by atoms with Gasteiger partial charge in [0.1, 0.15) is 6.26 Å². The number of hydrogen-bond donors (Lipinski definition) is 2. The van der Waals surface area contributed by atoms with E-state index in [0.29, 0.717) is 12.1 Å². The third kappa shape index (κ3) is 5.32. The number of carbonyl (C=O) groups is 1. The van der Waals surface area contributed by atoms with Crippen molar-refractivity contribution in [3.8, 4) is 0 Å². The summed E-state index contributed by atoms with van der Waals surface area (Å²) in [4.78, 5) is 21.1. The predicted octanol–water partition coefficient (Wildman–Crippen LogP) is 1.32. The molecule has 0 bridgehead atoms. The molecule has 1 aromatic heterocycles. The number of amides is 1. The van der Waals surface area contributed by atoms with E-state index in [9.17, 15) is 4.79 Å². The molecule has 0 spiro atoms. The Kier molecular flexibility index (Phi) is 7.02. The summed E-state index contributed by atoms with van der Waals surface area (Å²) in [5.41, 5.74) is 2.70. The molecule has 28 heavy (non-hydrogen) atoms. The summed E-state index contributed by atoms with van der Waals surface area (Å²) in [7, 11) is 1.63. The van der Waals surface area contributed by atoms with Crippen LogP contribution in [0.1, 0.15) is 28.5 Å². The molecule has 3 rings (SSSR count). The van der Waals surface area contributed by atoms with Gasteiger partial charge in [0.25, 0.3) is 5.91 Å². The van der Waals surface area contributed by atoms with Gasteiger partial charge in [-0.3, -0.25) is 9.69 Å². The number of nitrogens with zero attached hydrogens (tertiary/aromatic N) is 4. The van der Waals surface area contributed by atoms with Crippen LogP contribution in [0.2, 0.25) is 0 Å². The van der Waals surface area contributed by atoms with Crippen molar-refractivity contribution in [2.75, 3.05) is 39.8 Å². The average Bonchev–Trinajstić information content (AvgIpc) is 3.24. The monoisotopic (exact) mass is 384 g/mol. The Hall–Kier alpha value is -2.87. The van der Waals surface area contributed by atoms with Crippen LogP contribution in [0.4, 0.5) is 0 Å². The summed E-state index contributed by atoms with van der Waals surface area (Å²) in [5, 5.41) is 10.0. The van der Waals surface area contributed by atoms with Gasteiger partial charge in [0, 0.05) is 57.9 Å². The van der Waals surface area contributed by atoms with Gasteiger partial charge in [-0.25, -0.2) is 4.99 Å². The molecule has 0 atom stereocenters. The predicted molar refractivity (Wildman–Crippen MR) is 108 cm³/mol. The van der Waals surface area contributed by atoms with E-state index >= 15 is 0 Å². The molecule has 2 N–H and O–H groups in total. The summed E-state index contributed by atoms with van der Waals surface area (Å²) in [5.74, 6) is 0.853. The van der Waals surface area contributed by atoms with Gasteiger partial charge in [0.2, 0.25) is 0 Å². The molecule has 2 aromatic rings. The van der Waals surface area contributed by atoms with Gasteiger partial charge in [-0.2, -0.15) is 0 Å². The highest BCUT2D eigenvalue weighted by Crippen LogP contribution is 2.09. The maximum atomic E-state index is 11.6. The molecular weight excluding hydrogens is 356 g/mol. The van der Waals surface area contributed by atoms with Crippen molar-refractivity contribution < 1.29 is 9.32 Å². The van der Waals surface area contributed by atoms with Crippen LogP contribution in [-0.2, 0) is 13.1 Å². The number of benzene rings is 1. The van der Waals surface area contributed by atoms with Gasteiger partial charge in [0.15, 0.2) is 5.96 Å². The lowest BCUT2D eigenvalue weighted by Crippen LogP contribution is -2.52. The lowest BCUT2D eigenvalue weighted by molar-refractivity contribution is 0.0963. The van der Waals surface area contributed by atoms with E-state index in [1.807, 2.05) is 30.3 Å². The minimum atomic E-state index is -0.0770. The number of carbonyl (C=O) groups excluding carboxylic acids is 1. The molecule has 0 aliphatic carbocycles. The summed E-state index contributed by atoms with van der Waals surface area (Å²) >= 11 is 0. The van der Waals surface area contributed by atoms with Gasteiger partial charge in [-0.05, 0) is 24.6 Å². The normalized spacial score (nSPS) is 15.5. The smallest absolute Gasteiger partial charge is 0.251 e. The molecule has 0 saturated carbocycles. The van der Waals surface area contributed by atoms with E-state index in [-0.39, 0.29) is 5.91 Å². The van der Waals surface area contributed by atoms with Crippen molar-refractivity contribution >= 4 is 11.9 Å². The third-order valence-electron chi connectivity index (χ3n) is 4.74. The van der Waals surface area contributed by atoms with Crippen LogP contribution in [-0.4, -0.2) is 66.6 Å². The quantitative estimate of drug-likeness (QED) is 0.577. The second-order valence-corrected chi connectivity index (χ2v) is 6.70. The molecule has 1 fully saturated rings. The van der Waals surface area contributed by atoms with Crippen LogP contribution in [0.3, 0.4) is 0 Å². The maximum absolute atomic E-state index is 11.6. The van der Waals surface area contributed by atoms with Crippen molar-refractivity contribution in [3.05, 3.63) is 53.4 Å². The number of aliphatic imine (C=N–C) groups is 1. The van der Waals surface area contributed by atoms with Gasteiger partial charge in [-0.15, -0.1) is 0 Å². The first-order valence-corrected chi connectivity index (χ1v) is 9.65. The highest BCUT2D eigenvalue weighted by atomic mass is 16.5. The van der Waals surface area contributed by atoms with E-state index in [4.69, 9.17) is 9.52 Å². The summed E-state index contributed by atoms with van der Waals surface area (Å²) < 4.78 is 4.91. The molecule has 0 unspecified atom stereocenters. The number of rotatable bonds is 6.